The van der Waals surface area contributed by atoms with Crippen LogP contribution >= 0.6 is 0 Å². The van der Waals surface area contributed by atoms with Crippen molar-refractivity contribution in [3.05, 3.63) is 36.5 Å². The van der Waals surface area contributed by atoms with Crippen molar-refractivity contribution in [1.82, 2.24) is 0 Å². The number of ether oxygens (including phenoxy) is 6. The van der Waals surface area contributed by atoms with Crippen molar-refractivity contribution in [2.45, 2.75) is 280 Å². The lowest BCUT2D eigenvalue weighted by Gasteiger charge is -2.42. The second-order valence-electron chi connectivity index (χ2n) is 19.8. The second-order valence-corrected chi connectivity index (χ2v) is 19.8. The average molecular weight is 999 g/mol. The van der Waals surface area contributed by atoms with E-state index in [1.165, 1.54) is 128 Å². The second kappa shape index (κ2) is 43.6. The predicted octanol–water partition coefficient (Wildman–Crippen LogP) is 9.36. The zero-order chi connectivity index (χ0) is 50.9. The molecule has 0 aromatic rings. The highest BCUT2D eigenvalue weighted by Crippen LogP contribution is 2.26. The van der Waals surface area contributed by atoms with Crippen molar-refractivity contribution < 1.29 is 69.0 Å². The van der Waals surface area contributed by atoms with Crippen molar-refractivity contribution in [2.75, 3.05) is 33.0 Å². The zero-order valence-corrected chi connectivity index (χ0v) is 43.8. The Hall–Kier alpha value is -1.79. The lowest BCUT2D eigenvalue weighted by Crippen LogP contribution is -2.61. The van der Waals surface area contributed by atoms with Gasteiger partial charge in [-0.3, -0.25) is 4.79 Å². The number of aliphatic hydroxyl groups is 7. The first-order valence-electron chi connectivity index (χ1n) is 28.1. The van der Waals surface area contributed by atoms with Crippen LogP contribution in [0.15, 0.2) is 36.5 Å². The molecule has 2 saturated heterocycles. The molecule has 2 aliphatic heterocycles. The molecule has 2 fully saturated rings. The van der Waals surface area contributed by atoms with E-state index in [-0.39, 0.29) is 25.6 Å². The number of carbonyl (C=O) groups excluding carboxylic acids is 1. The largest absolute Gasteiger partial charge is 0.457 e. The summed E-state index contributed by atoms with van der Waals surface area (Å²) in [6, 6.07) is 0. The molecule has 0 spiro atoms. The van der Waals surface area contributed by atoms with Gasteiger partial charge in [0.2, 0.25) is 0 Å². The van der Waals surface area contributed by atoms with Gasteiger partial charge < -0.3 is 64.2 Å². The molecule has 2 heterocycles. The molecule has 410 valence electrons. The van der Waals surface area contributed by atoms with Gasteiger partial charge in [-0.1, -0.05) is 172 Å². The van der Waals surface area contributed by atoms with Crippen LogP contribution in [0, 0.1) is 0 Å². The molecule has 11 atom stereocenters. The molecule has 70 heavy (non-hydrogen) atoms. The maximum absolute atomic E-state index is 13.1. The molecule has 0 aliphatic carbocycles. The van der Waals surface area contributed by atoms with Crippen LogP contribution in [0.25, 0.3) is 0 Å². The molecule has 0 amide bonds. The number of esters is 1. The molecule has 14 heteroatoms. The normalized spacial score (nSPS) is 25.7. The van der Waals surface area contributed by atoms with Crippen LogP contribution in [0.1, 0.15) is 213 Å². The van der Waals surface area contributed by atoms with Crippen LogP contribution in [-0.4, -0.2) is 142 Å². The molecule has 14 nitrogen and oxygen atoms in total. The van der Waals surface area contributed by atoms with Gasteiger partial charge in [-0.2, -0.15) is 0 Å². The maximum atomic E-state index is 13.1. The number of aliphatic hydroxyl groups excluding tert-OH is 7. The third kappa shape index (κ3) is 30.4. The molecule has 11 unspecified atom stereocenters. The standard InChI is InChI=1S/C56H102O14/c1-3-5-7-9-11-13-15-17-19-21-22-23-25-27-29-31-33-35-37-39-48(58)68-45(42-65-40-38-36-34-32-30-28-26-24-20-18-16-14-12-10-8-6-4-2)43-66-55-54(64)52(62)50(60)47(70-55)44-67-56-53(63)51(61)49(59)46(41-57)69-56/h11,13,17,19-20,24,45-47,49-57,59-64H,3-10,12,14-16,18,21-23,25-44H2,1-2H3/b13-11-,19-17-,24-20-. The van der Waals surface area contributed by atoms with Gasteiger partial charge in [0, 0.05) is 13.0 Å². The molecule has 0 saturated carbocycles. The van der Waals surface area contributed by atoms with Gasteiger partial charge in [-0.25, -0.2) is 0 Å². The third-order valence-electron chi connectivity index (χ3n) is 13.4. The summed E-state index contributed by atoms with van der Waals surface area (Å²) in [4.78, 5) is 13.1. The third-order valence-corrected chi connectivity index (χ3v) is 13.4. The lowest BCUT2D eigenvalue weighted by atomic mass is 9.98. The molecule has 2 aliphatic rings. The summed E-state index contributed by atoms with van der Waals surface area (Å²) in [5.41, 5.74) is 0. The monoisotopic (exact) mass is 999 g/mol. The SMILES string of the molecule is CCCCC/C=C\C/C=C\CCCCCCCCCCCC(=O)OC(COCCCCCCCC/C=C\CCCCCCCCC)COC1OC(COC2OC(CO)C(O)C(O)C2O)C(O)C(O)C1O. The lowest BCUT2D eigenvalue weighted by molar-refractivity contribution is -0.332. The number of allylic oxidation sites excluding steroid dienone is 6. The van der Waals surface area contributed by atoms with Crippen molar-refractivity contribution in [2.24, 2.45) is 0 Å². The van der Waals surface area contributed by atoms with Crippen LogP contribution in [0.4, 0.5) is 0 Å². The number of unbranched alkanes of at least 4 members (excludes halogenated alkanes) is 25. The molecule has 2 rings (SSSR count). The minimum absolute atomic E-state index is 0.0569. The number of carbonyl (C=O) groups is 1. The van der Waals surface area contributed by atoms with E-state index < -0.39 is 80.7 Å². The van der Waals surface area contributed by atoms with Crippen molar-refractivity contribution >= 4 is 5.97 Å². The van der Waals surface area contributed by atoms with Crippen LogP contribution in [-0.2, 0) is 33.2 Å². The highest BCUT2D eigenvalue weighted by molar-refractivity contribution is 5.69. The van der Waals surface area contributed by atoms with Crippen LogP contribution in [0.5, 0.6) is 0 Å². The van der Waals surface area contributed by atoms with E-state index in [0.29, 0.717) is 13.0 Å². The van der Waals surface area contributed by atoms with Crippen LogP contribution in [0.2, 0.25) is 0 Å². The zero-order valence-electron chi connectivity index (χ0n) is 43.8. The molecule has 0 aromatic carbocycles. The predicted molar refractivity (Wildman–Crippen MR) is 275 cm³/mol. The topological polar surface area (TPSA) is 214 Å². The van der Waals surface area contributed by atoms with Crippen molar-refractivity contribution in [1.29, 1.82) is 0 Å². The highest BCUT2D eigenvalue weighted by Gasteiger charge is 2.47. The average Bonchev–Trinajstić information content (AvgIpc) is 3.36. The summed E-state index contributed by atoms with van der Waals surface area (Å²) in [5, 5.41) is 72.3. The smallest absolute Gasteiger partial charge is 0.306 e. The van der Waals surface area contributed by atoms with E-state index in [4.69, 9.17) is 28.4 Å². The molecule has 7 N–H and O–H groups in total. The molecular formula is C56H102O14. The Bertz CT molecular complexity index is 1300. The Labute approximate surface area is 423 Å². The van der Waals surface area contributed by atoms with E-state index in [1.54, 1.807) is 0 Å². The fourth-order valence-corrected chi connectivity index (χ4v) is 8.78. The summed E-state index contributed by atoms with van der Waals surface area (Å²) < 4.78 is 34.4. The quantitative estimate of drug-likeness (QED) is 0.0172. The van der Waals surface area contributed by atoms with Gasteiger partial charge in [0.1, 0.15) is 54.9 Å². The van der Waals surface area contributed by atoms with Crippen LogP contribution < -0.4 is 0 Å². The van der Waals surface area contributed by atoms with Gasteiger partial charge >= 0.3 is 5.97 Å². The van der Waals surface area contributed by atoms with Crippen LogP contribution in [0.3, 0.4) is 0 Å². The summed E-state index contributed by atoms with van der Waals surface area (Å²) >= 11 is 0. The highest BCUT2D eigenvalue weighted by atomic mass is 16.7. The minimum atomic E-state index is -1.71. The van der Waals surface area contributed by atoms with Gasteiger partial charge in [0.25, 0.3) is 0 Å². The van der Waals surface area contributed by atoms with Crippen molar-refractivity contribution in [3.63, 3.8) is 0 Å². The summed E-state index contributed by atoms with van der Waals surface area (Å²) in [5.74, 6) is -0.381. The Morgan fingerprint density at radius 3 is 1.41 bits per heavy atom. The minimum Gasteiger partial charge on any atom is -0.457 e. The number of rotatable bonds is 45. The summed E-state index contributed by atoms with van der Waals surface area (Å²) in [6.45, 7) is 3.66. The fraction of sp³-hybridized carbons (Fsp3) is 0.875. The van der Waals surface area contributed by atoms with Gasteiger partial charge in [-0.15, -0.1) is 0 Å². The first kappa shape index (κ1) is 64.3. The Balaban J connectivity index is 1.74. The van der Waals surface area contributed by atoms with E-state index in [2.05, 4.69) is 50.3 Å². The van der Waals surface area contributed by atoms with E-state index in [1.807, 2.05) is 0 Å². The molecule has 0 radical (unpaired) electrons. The molecular weight excluding hydrogens is 897 g/mol. The summed E-state index contributed by atoms with van der Waals surface area (Å²) in [7, 11) is 0. The number of hydrogen-bond donors (Lipinski definition) is 7. The first-order valence-corrected chi connectivity index (χ1v) is 28.1. The Kier molecular flexibility index (Phi) is 40.1. The Morgan fingerprint density at radius 2 is 0.886 bits per heavy atom. The van der Waals surface area contributed by atoms with Gasteiger partial charge in [0.15, 0.2) is 12.6 Å². The fourth-order valence-electron chi connectivity index (χ4n) is 8.78. The summed E-state index contributed by atoms with van der Waals surface area (Å²) in [6.07, 6.45) is 33.4. The maximum Gasteiger partial charge on any atom is 0.306 e. The first-order chi connectivity index (χ1) is 34.1. The van der Waals surface area contributed by atoms with E-state index >= 15 is 0 Å². The Morgan fingerprint density at radius 1 is 0.471 bits per heavy atom. The van der Waals surface area contributed by atoms with Gasteiger partial charge in [-0.05, 0) is 70.6 Å². The number of hydrogen-bond acceptors (Lipinski definition) is 14. The van der Waals surface area contributed by atoms with Crippen molar-refractivity contribution in [3.8, 4) is 0 Å². The van der Waals surface area contributed by atoms with E-state index in [0.717, 1.165) is 57.8 Å². The molecule has 0 bridgehead atoms. The molecule has 0 aromatic heterocycles. The van der Waals surface area contributed by atoms with E-state index in [9.17, 15) is 40.5 Å². The van der Waals surface area contributed by atoms with Gasteiger partial charge in [0.05, 0.1) is 26.4 Å².